The van der Waals surface area contributed by atoms with Crippen molar-refractivity contribution in [2.45, 2.75) is 19.0 Å². The van der Waals surface area contributed by atoms with Crippen LogP contribution in [0.3, 0.4) is 0 Å². The summed E-state index contributed by atoms with van der Waals surface area (Å²) in [6.45, 7) is 1.27. The van der Waals surface area contributed by atoms with Crippen LogP contribution in [0.2, 0.25) is 0 Å². The molecule has 106 valence electrons. The molecule has 0 aliphatic carbocycles. The van der Waals surface area contributed by atoms with Crippen LogP contribution in [0, 0.1) is 5.92 Å². The highest BCUT2D eigenvalue weighted by atomic mass is 79.9. The number of aliphatic hydroxyl groups is 1. The third-order valence-corrected chi connectivity index (χ3v) is 3.92. The number of rotatable bonds is 3. The molecule has 1 fully saturated rings. The van der Waals surface area contributed by atoms with Crippen molar-refractivity contribution in [1.29, 1.82) is 0 Å². The fourth-order valence-electron chi connectivity index (χ4n) is 2.48. The molecular formula is C13H15BrF3NO. The number of nitrogens with zero attached hydrogens (tertiary/aromatic N) is 1. The van der Waals surface area contributed by atoms with E-state index in [9.17, 15) is 13.2 Å². The van der Waals surface area contributed by atoms with Gasteiger partial charge in [-0.05, 0) is 37.0 Å². The summed E-state index contributed by atoms with van der Waals surface area (Å²) < 4.78 is 39.5. The Hall–Kier alpha value is -0.750. The predicted molar refractivity (Wildman–Crippen MR) is 71.2 cm³/mol. The Morgan fingerprint density at radius 2 is 2.11 bits per heavy atom. The fraction of sp³-hybridized carbons (Fsp3) is 0.538. The Bertz CT molecular complexity index is 450. The zero-order valence-corrected chi connectivity index (χ0v) is 11.8. The summed E-state index contributed by atoms with van der Waals surface area (Å²) in [5.41, 5.74) is -0.373. The zero-order chi connectivity index (χ0) is 14.0. The topological polar surface area (TPSA) is 23.5 Å². The summed E-state index contributed by atoms with van der Waals surface area (Å²) in [6, 6.07) is 4.26. The van der Waals surface area contributed by atoms with Crippen molar-refractivity contribution in [2.24, 2.45) is 5.92 Å². The molecule has 1 unspecified atom stereocenters. The molecule has 19 heavy (non-hydrogen) atoms. The Morgan fingerprint density at radius 3 is 2.74 bits per heavy atom. The van der Waals surface area contributed by atoms with Crippen LogP contribution in [0.4, 0.5) is 18.9 Å². The molecule has 1 atom stereocenters. The lowest BCUT2D eigenvalue weighted by Crippen LogP contribution is -2.23. The molecule has 1 aromatic rings. The molecule has 0 saturated carbocycles. The lowest BCUT2D eigenvalue weighted by molar-refractivity contribution is -0.137. The average Bonchev–Trinajstić information content (AvgIpc) is 2.77. The van der Waals surface area contributed by atoms with Gasteiger partial charge in [0.05, 0.1) is 5.56 Å². The number of hydrogen-bond donors (Lipinski definition) is 1. The first kappa shape index (κ1) is 14.7. The largest absolute Gasteiger partial charge is 0.418 e. The molecule has 1 saturated heterocycles. The van der Waals surface area contributed by atoms with Gasteiger partial charge in [0.15, 0.2) is 0 Å². The third-order valence-electron chi connectivity index (χ3n) is 3.43. The van der Waals surface area contributed by atoms with Crippen LogP contribution in [-0.4, -0.2) is 24.8 Å². The van der Waals surface area contributed by atoms with Crippen molar-refractivity contribution in [3.63, 3.8) is 0 Å². The molecular weight excluding hydrogens is 323 g/mol. The van der Waals surface area contributed by atoms with Gasteiger partial charge in [0.1, 0.15) is 0 Å². The van der Waals surface area contributed by atoms with E-state index in [1.807, 2.05) is 0 Å². The first-order valence-corrected chi connectivity index (χ1v) is 6.93. The number of anilines is 1. The molecule has 0 amide bonds. The monoisotopic (exact) mass is 337 g/mol. The second-order valence-corrected chi connectivity index (χ2v) is 5.69. The van der Waals surface area contributed by atoms with Crippen LogP contribution in [0.5, 0.6) is 0 Å². The van der Waals surface area contributed by atoms with E-state index in [2.05, 4.69) is 15.9 Å². The zero-order valence-electron chi connectivity index (χ0n) is 10.3. The number of hydrogen-bond acceptors (Lipinski definition) is 2. The SMILES string of the molecule is OCCC1CCN(c2ccc(Br)cc2C(F)(F)F)C1. The van der Waals surface area contributed by atoms with Gasteiger partial charge in [-0.1, -0.05) is 15.9 Å². The van der Waals surface area contributed by atoms with E-state index in [1.165, 1.54) is 6.07 Å². The molecule has 2 rings (SSSR count). The average molecular weight is 338 g/mol. The molecule has 2 nitrogen and oxygen atoms in total. The second-order valence-electron chi connectivity index (χ2n) is 4.77. The first-order chi connectivity index (χ1) is 8.91. The van der Waals surface area contributed by atoms with Gasteiger partial charge in [0, 0.05) is 29.9 Å². The van der Waals surface area contributed by atoms with Gasteiger partial charge in [-0.2, -0.15) is 13.2 Å². The van der Waals surface area contributed by atoms with Gasteiger partial charge in [-0.25, -0.2) is 0 Å². The first-order valence-electron chi connectivity index (χ1n) is 6.14. The Morgan fingerprint density at radius 1 is 1.37 bits per heavy atom. The van der Waals surface area contributed by atoms with E-state index < -0.39 is 11.7 Å². The molecule has 0 radical (unpaired) electrons. The van der Waals surface area contributed by atoms with Gasteiger partial charge >= 0.3 is 6.18 Å². The van der Waals surface area contributed by atoms with Crippen LogP contribution in [0.1, 0.15) is 18.4 Å². The number of alkyl halides is 3. The molecule has 6 heteroatoms. The number of halogens is 4. The molecule has 1 aliphatic heterocycles. The Balaban J connectivity index is 2.26. The minimum atomic E-state index is -4.35. The maximum Gasteiger partial charge on any atom is 0.418 e. The van der Waals surface area contributed by atoms with E-state index in [0.717, 1.165) is 12.5 Å². The predicted octanol–water partition coefficient (Wildman–Crippen LogP) is 3.68. The molecule has 0 spiro atoms. The molecule has 1 aliphatic rings. The minimum absolute atomic E-state index is 0.0883. The minimum Gasteiger partial charge on any atom is -0.396 e. The lowest BCUT2D eigenvalue weighted by Gasteiger charge is -2.23. The van der Waals surface area contributed by atoms with Gasteiger partial charge in [0.25, 0.3) is 0 Å². The van der Waals surface area contributed by atoms with Crippen molar-refractivity contribution in [2.75, 3.05) is 24.6 Å². The smallest absolute Gasteiger partial charge is 0.396 e. The van der Waals surface area contributed by atoms with Crippen molar-refractivity contribution >= 4 is 21.6 Å². The molecule has 1 N–H and O–H groups in total. The maximum atomic E-state index is 13.0. The second kappa shape index (κ2) is 5.71. The maximum absolute atomic E-state index is 13.0. The van der Waals surface area contributed by atoms with Crippen LogP contribution in [0.25, 0.3) is 0 Å². The fourth-order valence-corrected chi connectivity index (χ4v) is 2.84. The van der Waals surface area contributed by atoms with E-state index in [-0.39, 0.29) is 18.2 Å². The van der Waals surface area contributed by atoms with Crippen LogP contribution in [0.15, 0.2) is 22.7 Å². The molecule has 1 aromatic carbocycles. The normalized spacial score (nSPS) is 20.1. The lowest BCUT2D eigenvalue weighted by atomic mass is 10.1. The van der Waals surface area contributed by atoms with Gasteiger partial charge in [-0.15, -0.1) is 0 Å². The van der Waals surface area contributed by atoms with E-state index in [4.69, 9.17) is 5.11 Å². The van der Waals surface area contributed by atoms with E-state index >= 15 is 0 Å². The van der Waals surface area contributed by atoms with Crippen LogP contribution >= 0.6 is 15.9 Å². The van der Waals surface area contributed by atoms with Crippen molar-refractivity contribution in [1.82, 2.24) is 0 Å². The summed E-state index contributed by atoms with van der Waals surface area (Å²) in [4.78, 5) is 1.76. The Labute approximate surface area is 118 Å². The van der Waals surface area contributed by atoms with Crippen molar-refractivity contribution < 1.29 is 18.3 Å². The summed E-state index contributed by atoms with van der Waals surface area (Å²) in [5, 5.41) is 8.90. The highest BCUT2D eigenvalue weighted by molar-refractivity contribution is 9.10. The number of benzene rings is 1. The molecule has 1 heterocycles. The Kier molecular flexibility index (Phi) is 4.40. The number of aliphatic hydroxyl groups excluding tert-OH is 1. The van der Waals surface area contributed by atoms with Gasteiger partial charge < -0.3 is 10.0 Å². The standard InChI is InChI=1S/C13H15BrF3NO/c14-10-1-2-12(11(7-10)13(15,16)17)18-5-3-9(8-18)4-6-19/h1-2,7,9,19H,3-6,8H2. The molecule has 0 bridgehead atoms. The summed E-state index contributed by atoms with van der Waals surface area (Å²) in [5.74, 6) is 0.273. The van der Waals surface area contributed by atoms with E-state index in [0.29, 0.717) is 24.0 Å². The van der Waals surface area contributed by atoms with Gasteiger partial charge in [0.2, 0.25) is 0 Å². The summed E-state index contributed by atoms with van der Waals surface area (Å²) >= 11 is 3.08. The van der Waals surface area contributed by atoms with E-state index in [1.54, 1.807) is 11.0 Å². The molecule has 0 aromatic heterocycles. The summed E-state index contributed by atoms with van der Waals surface area (Å²) in [6.07, 6.45) is -2.88. The van der Waals surface area contributed by atoms with Crippen molar-refractivity contribution in [3.8, 4) is 0 Å². The van der Waals surface area contributed by atoms with Crippen molar-refractivity contribution in [3.05, 3.63) is 28.2 Å². The van der Waals surface area contributed by atoms with Crippen LogP contribution < -0.4 is 4.90 Å². The quantitative estimate of drug-likeness (QED) is 0.909. The highest BCUT2D eigenvalue weighted by Gasteiger charge is 2.36. The summed E-state index contributed by atoms with van der Waals surface area (Å²) in [7, 11) is 0. The van der Waals surface area contributed by atoms with Crippen LogP contribution in [-0.2, 0) is 6.18 Å². The third kappa shape index (κ3) is 3.42. The highest BCUT2D eigenvalue weighted by Crippen LogP contribution is 2.40. The van der Waals surface area contributed by atoms with Gasteiger partial charge in [-0.3, -0.25) is 0 Å².